The summed E-state index contributed by atoms with van der Waals surface area (Å²) in [6, 6.07) is 4.86. The average Bonchev–Trinajstić information content (AvgIpc) is 3.22. The third-order valence-electron chi connectivity index (χ3n) is 5.22. The lowest BCUT2D eigenvalue weighted by atomic mass is 9.98. The second kappa shape index (κ2) is 9.85. The van der Waals surface area contributed by atoms with Crippen molar-refractivity contribution in [3.05, 3.63) is 70.9 Å². The number of carbonyl (C=O) groups excluding carboxylic acids is 3. The molecule has 2 amide bonds. The zero-order chi connectivity index (χ0) is 26.9. The molecule has 0 aliphatic heterocycles. The molecule has 0 saturated carbocycles. The monoisotopic (exact) mass is 534 g/mol. The smallest absolute Gasteiger partial charge is 0.382 e. The number of halogens is 5. The number of anilines is 3. The number of nitrogens with two attached hydrogens (primary N) is 1. The predicted octanol–water partition coefficient (Wildman–Crippen LogP) is 5.21. The van der Waals surface area contributed by atoms with Crippen molar-refractivity contribution in [3.63, 3.8) is 0 Å². The van der Waals surface area contributed by atoms with Gasteiger partial charge in [-0.05, 0) is 35.9 Å². The van der Waals surface area contributed by atoms with Crippen LogP contribution in [0.4, 0.5) is 39.5 Å². The Morgan fingerprint density at radius 1 is 1.11 bits per heavy atom. The van der Waals surface area contributed by atoms with E-state index in [-0.39, 0.29) is 44.4 Å². The number of aromatic nitrogens is 3. The Bertz CT molecular complexity index is 1550. The van der Waals surface area contributed by atoms with Crippen LogP contribution in [0.5, 0.6) is 0 Å². The van der Waals surface area contributed by atoms with Gasteiger partial charge in [-0.1, -0.05) is 17.7 Å². The summed E-state index contributed by atoms with van der Waals surface area (Å²) >= 11 is 5.87. The minimum absolute atomic E-state index is 0.00453. The number of hydrogen-bond donors (Lipinski definition) is 3. The van der Waals surface area contributed by atoms with E-state index < -0.39 is 35.8 Å². The summed E-state index contributed by atoms with van der Waals surface area (Å²) < 4.78 is 55.1. The largest absolute Gasteiger partial charge is 0.416 e. The number of nitrogens with zero attached hydrogens (tertiary/aromatic N) is 3. The number of benzene rings is 2. The summed E-state index contributed by atoms with van der Waals surface area (Å²) in [6.07, 6.45) is -2.18. The highest BCUT2D eigenvalue weighted by molar-refractivity contribution is 6.33. The summed E-state index contributed by atoms with van der Waals surface area (Å²) in [5, 5.41) is 8.16. The highest BCUT2D eigenvalue weighted by atomic mass is 35.5. The van der Waals surface area contributed by atoms with E-state index in [0.29, 0.717) is 12.4 Å². The van der Waals surface area contributed by atoms with Crippen molar-refractivity contribution >= 4 is 52.4 Å². The first-order chi connectivity index (χ1) is 17.5. The molecule has 0 radical (unpaired) electrons. The van der Waals surface area contributed by atoms with Crippen LogP contribution >= 0.6 is 11.6 Å². The molecular weight excluding hydrogens is 520 g/mol. The number of urea groups is 1. The first kappa shape index (κ1) is 25.6. The van der Waals surface area contributed by atoms with E-state index in [9.17, 15) is 31.9 Å². The number of hydrogen-bond acceptors (Lipinski definition) is 6. The molecule has 4 aromatic rings. The van der Waals surface area contributed by atoms with Crippen molar-refractivity contribution in [1.29, 1.82) is 0 Å². The Kier molecular flexibility index (Phi) is 6.81. The molecular formula is C23H15ClF4N6O3. The number of ketones is 1. The summed E-state index contributed by atoms with van der Waals surface area (Å²) in [5.74, 6) is -1.50. The van der Waals surface area contributed by atoms with Crippen molar-refractivity contribution in [3.8, 4) is 11.1 Å². The molecule has 4 N–H and O–H groups in total. The summed E-state index contributed by atoms with van der Waals surface area (Å²) in [7, 11) is 0. The minimum atomic E-state index is -4.66. The van der Waals surface area contributed by atoms with E-state index >= 15 is 0 Å². The van der Waals surface area contributed by atoms with Gasteiger partial charge in [0.1, 0.15) is 23.9 Å². The van der Waals surface area contributed by atoms with Gasteiger partial charge in [-0.3, -0.25) is 4.79 Å². The second-order valence-electron chi connectivity index (χ2n) is 7.62. The van der Waals surface area contributed by atoms with E-state index in [2.05, 4.69) is 20.7 Å². The first-order valence-electron chi connectivity index (χ1n) is 10.3. The molecule has 4 rings (SSSR count). The molecule has 0 saturated heterocycles. The Morgan fingerprint density at radius 3 is 2.51 bits per heavy atom. The van der Waals surface area contributed by atoms with Crippen LogP contribution in [0.25, 0.3) is 16.6 Å². The number of alkyl halides is 3. The zero-order valence-corrected chi connectivity index (χ0v) is 19.2. The number of amides is 2. The molecule has 0 aliphatic rings. The van der Waals surface area contributed by atoms with Gasteiger partial charge in [0, 0.05) is 17.3 Å². The topological polar surface area (TPSA) is 131 Å². The van der Waals surface area contributed by atoms with Gasteiger partial charge in [-0.25, -0.2) is 18.7 Å². The van der Waals surface area contributed by atoms with Crippen LogP contribution in [0, 0.1) is 5.82 Å². The number of Topliss-reactive ketones (excluding diaryl/α,β-unsaturated/α-hetero) is 1. The van der Waals surface area contributed by atoms with E-state index in [1.54, 1.807) is 0 Å². The highest BCUT2D eigenvalue weighted by Gasteiger charge is 2.31. The molecule has 14 heteroatoms. The maximum absolute atomic E-state index is 15.0. The van der Waals surface area contributed by atoms with Crippen molar-refractivity contribution in [2.75, 3.05) is 16.4 Å². The molecule has 0 fully saturated rings. The van der Waals surface area contributed by atoms with Crippen LogP contribution < -0.4 is 16.4 Å². The summed E-state index contributed by atoms with van der Waals surface area (Å²) in [6.45, 7) is 0. The molecule has 0 spiro atoms. The highest BCUT2D eigenvalue weighted by Crippen LogP contribution is 2.36. The van der Waals surface area contributed by atoms with E-state index in [0.717, 1.165) is 24.5 Å². The Labute approximate surface area is 210 Å². The third kappa shape index (κ3) is 5.21. The van der Waals surface area contributed by atoms with Gasteiger partial charge in [0.2, 0.25) is 0 Å². The fraction of sp³-hybridized carbons (Fsp3) is 0.0870. The van der Waals surface area contributed by atoms with Gasteiger partial charge in [0.25, 0.3) is 0 Å². The van der Waals surface area contributed by atoms with Crippen molar-refractivity contribution < 1.29 is 31.9 Å². The fourth-order valence-electron chi connectivity index (χ4n) is 3.57. The quantitative estimate of drug-likeness (QED) is 0.135. The molecule has 37 heavy (non-hydrogen) atoms. The molecule has 0 unspecified atom stereocenters. The molecule has 0 atom stereocenters. The molecule has 190 valence electrons. The molecule has 0 aliphatic carbocycles. The number of nitrogen functional groups attached to an aromatic ring is 1. The van der Waals surface area contributed by atoms with Crippen molar-refractivity contribution in [1.82, 2.24) is 14.6 Å². The van der Waals surface area contributed by atoms with E-state index in [1.165, 1.54) is 22.8 Å². The predicted molar refractivity (Wildman–Crippen MR) is 127 cm³/mol. The molecule has 9 nitrogen and oxygen atoms in total. The van der Waals surface area contributed by atoms with E-state index in [4.69, 9.17) is 17.3 Å². The average molecular weight is 535 g/mol. The maximum atomic E-state index is 15.0. The van der Waals surface area contributed by atoms with Crippen LogP contribution in [-0.4, -0.2) is 32.7 Å². The summed E-state index contributed by atoms with van der Waals surface area (Å²) in [5.41, 5.74) is 4.85. The summed E-state index contributed by atoms with van der Waals surface area (Å²) in [4.78, 5) is 39.7. The molecule has 2 aromatic carbocycles. The third-order valence-corrected chi connectivity index (χ3v) is 5.55. The van der Waals surface area contributed by atoms with Crippen LogP contribution in [0.2, 0.25) is 5.02 Å². The van der Waals surface area contributed by atoms with Gasteiger partial charge >= 0.3 is 12.2 Å². The maximum Gasteiger partial charge on any atom is 0.416 e. The van der Waals surface area contributed by atoms with E-state index in [1.807, 2.05) is 0 Å². The Balaban J connectivity index is 1.65. The van der Waals surface area contributed by atoms with Crippen LogP contribution in [0.1, 0.15) is 22.3 Å². The first-order valence-corrected chi connectivity index (χ1v) is 10.7. The number of nitrogens with one attached hydrogen (secondary N) is 2. The van der Waals surface area contributed by atoms with Crippen LogP contribution in [-0.2, 0) is 11.0 Å². The number of rotatable bonds is 6. The lowest BCUT2D eigenvalue weighted by Gasteiger charge is -2.13. The zero-order valence-electron chi connectivity index (χ0n) is 18.4. The molecule has 0 bridgehead atoms. The van der Waals surface area contributed by atoms with Crippen LogP contribution in [0.3, 0.4) is 0 Å². The lowest BCUT2D eigenvalue weighted by Crippen LogP contribution is -2.20. The number of fused-ring (bicyclic) bond motifs is 1. The lowest BCUT2D eigenvalue weighted by molar-refractivity contribution is -0.137. The van der Waals surface area contributed by atoms with Gasteiger partial charge in [0.05, 0.1) is 28.4 Å². The minimum Gasteiger partial charge on any atom is -0.382 e. The van der Waals surface area contributed by atoms with Crippen LogP contribution in [0.15, 0.2) is 48.9 Å². The van der Waals surface area contributed by atoms with Gasteiger partial charge < -0.3 is 21.2 Å². The SMILES string of the molecule is Nc1ncnn2cc(C(=O)CC=O)c(-c3ccc(NC(=O)Nc4cc(C(F)(F)F)ccc4Cl)c(F)c3)c12. The number of carbonyl (C=O) groups is 3. The van der Waals surface area contributed by atoms with Gasteiger partial charge in [0.15, 0.2) is 11.6 Å². The second-order valence-corrected chi connectivity index (χ2v) is 8.02. The standard InChI is InChI=1S/C23H15ClF4N6O3/c24-14-3-2-12(23(26,27)28)8-17(14)33-22(37)32-16-4-1-11(7-15(16)25)19-13(18(36)5-6-35)9-34-20(19)21(29)30-10-31-34/h1-4,6-10H,5H2,(H2,29,30,31)(H2,32,33,37). The Morgan fingerprint density at radius 2 is 1.84 bits per heavy atom. The fourth-order valence-corrected chi connectivity index (χ4v) is 3.73. The van der Waals surface area contributed by atoms with Gasteiger partial charge in [-0.15, -0.1) is 0 Å². The molecule has 2 aromatic heterocycles. The molecule has 2 heterocycles. The Hall–Kier alpha value is -4.52. The van der Waals surface area contributed by atoms with Crippen molar-refractivity contribution in [2.45, 2.75) is 12.6 Å². The van der Waals surface area contributed by atoms with Gasteiger partial charge in [-0.2, -0.15) is 18.3 Å². The van der Waals surface area contributed by atoms with Crippen molar-refractivity contribution in [2.24, 2.45) is 0 Å². The normalized spacial score (nSPS) is 11.4. The number of aldehydes is 1.